The van der Waals surface area contributed by atoms with Crippen molar-refractivity contribution in [3.05, 3.63) is 78.3 Å². The van der Waals surface area contributed by atoms with E-state index in [2.05, 4.69) is 16.7 Å². The largest absolute Gasteiger partial charge is 0.507 e. The zero-order chi connectivity index (χ0) is 21.3. The highest BCUT2D eigenvalue weighted by Crippen LogP contribution is 2.37. The van der Waals surface area contributed by atoms with Crippen molar-refractivity contribution >= 4 is 23.5 Å². The molecule has 1 aliphatic heterocycles. The number of aromatic nitrogens is 3. The van der Waals surface area contributed by atoms with Crippen LogP contribution in [0, 0.1) is 0 Å². The van der Waals surface area contributed by atoms with Crippen LogP contribution in [-0.4, -0.2) is 43.8 Å². The molecule has 1 aromatic carbocycles. The number of anilines is 1. The van der Waals surface area contributed by atoms with Gasteiger partial charge in [0.05, 0.1) is 6.04 Å². The van der Waals surface area contributed by atoms with Crippen molar-refractivity contribution < 1.29 is 9.90 Å². The van der Waals surface area contributed by atoms with Gasteiger partial charge in [0, 0.05) is 53.9 Å². The third-order valence-corrected chi connectivity index (χ3v) is 5.47. The first-order chi connectivity index (χ1) is 14.5. The molecule has 1 saturated heterocycles. The number of phenols is 1. The molecule has 4 rings (SSSR count). The average Bonchev–Trinajstić information content (AvgIpc) is 3.47. The zero-order valence-electron chi connectivity index (χ0n) is 16.4. The Morgan fingerprint density at radius 1 is 1.30 bits per heavy atom. The first-order valence-electron chi connectivity index (χ1n) is 9.62. The summed E-state index contributed by atoms with van der Waals surface area (Å²) in [7, 11) is 0. The summed E-state index contributed by atoms with van der Waals surface area (Å²) < 4.78 is 1.87. The molecule has 2 aromatic heterocycles. The molecule has 3 aromatic rings. The first-order valence-corrected chi connectivity index (χ1v) is 9.62. The Morgan fingerprint density at radius 2 is 2.10 bits per heavy atom. The highest BCUT2D eigenvalue weighted by atomic mass is 16.3. The summed E-state index contributed by atoms with van der Waals surface area (Å²) in [6.07, 6.45) is 6.67. The van der Waals surface area contributed by atoms with Gasteiger partial charge in [-0.15, -0.1) is 0 Å². The third kappa shape index (κ3) is 3.55. The number of H-pyrrole nitrogens is 1. The number of carbonyl (C=O) groups is 1. The molecule has 154 valence electrons. The van der Waals surface area contributed by atoms with Gasteiger partial charge in [0.2, 0.25) is 5.91 Å². The summed E-state index contributed by atoms with van der Waals surface area (Å²) in [5, 5.41) is 14.4. The van der Waals surface area contributed by atoms with Crippen LogP contribution in [-0.2, 0) is 4.79 Å². The van der Waals surface area contributed by atoms with Gasteiger partial charge in [-0.1, -0.05) is 18.7 Å². The average molecular weight is 404 g/mol. The van der Waals surface area contributed by atoms with Crippen molar-refractivity contribution in [3.63, 3.8) is 0 Å². The number of aromatic hydroxyl groups is 1. The minimum absolute atomic E-state index is 0.0235. The summed E-state index contributed by atoms with van der Waals surface area (Å²) in [4.78, 5) is 17.2. The molecule has 2 unspecified atom stereocenters. The summed E-state index contributed by atoms with van der Waals surface area (Å²) in [6.45, 7) is 4.64. The second-order valence-corrected chi connectivity index (χ2v) is 7.32. The molecule has 2 atom stereocenters. The van der Waals surface area contributed by atoms with Gasteiger partial charge < -0.3 is 26.5 Å². The second-order valence-electron chi connectivity index (χ2n) is 7.32. The second kappa shape index (κ2) is 7.82. The number of hydrogen-bond acceptors (Lipinski definition) is 5. The lowest BCUT2D eigenvalue weighted by molar-refractivity contribution is -0.125. The number of phenolic OH excluding ortho intramolecular Hbond substituents is 1. The number of carbonyl (C=O) groups excluding carboxylic acids is 1. The van der Waals surface area contributed by atoms with Gasteiger partial charge in [0.25, 0.3) is 0 Å². The van der Waals surface area contributed by atoms with Crippen LogP contribution in [0.2, 0.25) is 0 Å². The quantitative estimate of drug-likeness (QED) is 0.486. The fourth-order valence-corrected chi connectivity index (χ4v) is 3.94. The number of nitrogen functional groups attached to an aromatic ring is 1. The number of nitrogens with zero attached hydrogens (tertiary/aromatic N) is 3. The molecule has 0 aliphatic carbocycles. The van der Waals surface area contributed by atoms with Gasteiger partial charge in [-0.3, -0.25) is 9.48 Å². The maximum absolute atomic E-state index is 12.2. The van der Waals surface area contributed by atoms with E-state index in [1.165, 1.54) is 6.08 Å². The monoisotopic (exact) mass is 404 g/mol. The minimum atomic E-state index is -0.113. The number of nitrogens with two attached hydrogens (primary N) is 2. The van der Waals surface area contributed by atoms with Gasteiger partial charge in [-0.05, 0) is 36.4 Å². The topological polar surface area (TPSA) is 126 Å². The number of aromatic amines is 1. The van der Waals surface area contributed by atoms with Crippen molar-refractivity contribution in [3.8, 4) is 5.75 Å². The van der Waals surface area contributed by atoms with Gasteiger partial charge in [0.15, 0.2) is 0 Å². The Kier molecular flexibility index (Phi) is 5.05. The molecule has 0 bridgehead atoms. The SMILES string of the molecule is C=CC(=O)N1CC(c2cc(/C=C(\N)c3ccccc3O)c(N)[nH]2)C(n2cccn2)C1. The van der Waals surface area contributed by atoms with Crippen molar-refractivity contribution in [2.45, 2.75) is 12.0 Å². The molecule has 0 spiro atoms. The number of likely N-dealkylation sites (tertiary alicyclic amines) is 1. The lowest BCUT2D eigenvalue weighted by Crippen LogP contribution is -2.27. The van der Waals surface area contributed by atoms with E-state index < -0.39 is 0 Å². The Hall–Kier alpha value is -3.94. The number of hydrogen-bond donors (Lipinski definition) is 4. The van der Waals surface area contributed by atoms with Crippen LogP contribution in [0.15, 0.2) is 61.4 Å². The highest BCUT2D eigenvalue weighted by molar-refractivity contribution is 5.87. The summed E-state index contributed by atoms with van der Waals surface area (Å²) in [6, 6.07) is 10.6. The molecule has 8 heteroatoms. The molecule has 1 fully saturated rings. The van der Waals surface area contributed by atoms with Crippen molar-refractivity contribution in [1.82, 2.24) is 19.7 Å². The number of para-hydroxylation sites is 1. The van der Waals surface area contributed by atoms with E-state index in [1.54, 1.807) is 41.4 Å². The van der Waals surface area contributed by atoms with Gasteiger partial charge >= 0.3 is 0 Å². The fourth-order valence-electron chi connectivity index (χ4n) is 3.94. The molecule has 8 nitrogen and oxygen atoms in total. The Bertz CT molecular complexity index is 1100. The number of benzene rings is 1. The fraction of sp³-hybridized carbons (Fsp3) is 0.182. The molecule has 1 amide bonds. The minimum Gasteiger partial charge on any atom is -0.507 e. The maximum atomic E-state index is 12.2. The van der Waals surface area contributed by atoms with E-state index in [4.69, 9.17) is 11.5 Å². The van der Waals surface area contributed by atoms with E-state index >= 15 is 0 Å². The normalized spacial score (nSPS) is 19.2. The number of nitrogens with one attached hydrogen (secondary N) is 1. The summed E-state index contributed by atoms with van der Waals surface area (Å²) >= 11 is 0. The van der Waals surface area contributed by atoms with Crippen LogP contribution < -0.4 is 11.5 Å². The van der Waals surface area contributed by atoms with Crippen LogP contribution in [0.4, 0.5) is 5.82 Å². The van der Waals surface area contributed by atoms with E-state index in [0.717, 1.165) is 11.3 Å². The van der Waals surface area contributed by atoms with Crippen molar-refractivity contribution in [2.75, 3.05) is 18.8 Å². The smallest absolute Gasteiger partial charge is 0.246 e. The van der Waals surface area contributed by atoms with Crippen molar-refractivity contribution in [2.24, 2.45) is 5.73 Å². The molecule has 0 radical (unpaired) electrons. The number of rotatable bonds is 5. The van der Waals surface area contributed by atoms with E-state index in [0.29, 0.717) is 30.2 Å². The van der Waals surface area contributed by atoms with E-state index in [1.807, 2.05) is 23.0 Å². The van der Waals surface area contributed by atoms with Gasteiger partial charge in [-0.2, -0.15) is 5.10 Å². The lowest BCUT2D eigenvalue weighted by atomic mass is 9.99. The van der Waals surface area contributed by atoms with Crippen LogP contribution in [0.25, 0.3) is 11.8 Å². The molecule has 3 heterocycles. The standard InChI is InChI=1S/C22H24N6O2/c1-2-21(30)27-12-16(19(13-27)28-9-5-8-25-28)18-11-14(22(24)26-18)10-17(23)15-6-3-4-7-20(15)29/h2-11,16,19,26,29H,1,12-13,23-24H2/b17-10-. The van der Waals surface area contributed by atoms with Crippen molar-refractivity contribution in [1.29, 1.82) is 0 Å². The molecular formula is C22H24N6O2. The van der Waals surface area contributed by atoms with Crippen LogP contribution in [0.3, 0.4) is 0 Å². The van der Waals surface area contributed by atoms with Crippen LogP contribution in [0.5, 0.6) is 5.75 Å². The van der Waals surface area contributed by atoms with Gasteiger partial charge in [0.1, 0.15) is 11.6 Å². The predicted molar refractivity (Wildman–Crippen MR) is 116 cm³/mol. The number of amides is 1. The molecule has 0 saturated carbocycles. The Balaban J connectivity index is 1.67. The van der Waals surface area contributed by atoms with E-state index in [9.17, 15) is 9.90 Å². The van der Waals surface area contributed by atoms with Crippen LogP contribution >= 0.6 is 0 Å². The molecular weight excluding hydrogens is 380 g/mol. The molecule has 1 aliphatic rings. The highest BCUT2D eigenvalue weighted by Gasteiger charge is 2.38. The molecule has 6 N–H and O–H groups in total. The van der Waals surface area contributed by atoms with Crippen LogP contribution in [0.1, 0.15) is 28.8 Å². The lowest BCUT2D eigenvalue weighted by Gasteiger charge is -2.17. The third-order valence-electron chi connectivity index (χ3n) is 5.47. The zero-order valence-corrected chi connectivity index (χ0v) is 16.4. The maximum Gasteiger partial charge on any atom is 0.246 e. The Morgan fingerprint density at radius 3 is 2.80 bits per heavy atom. The van der Waals surface area contributed by atoms with Gasteiger partial charge in [-0.25, -0.2) is 0 Å². The van der Waals surface area contributed by atoms with E-state index in [-0.39, 0.29) is 23.6 Å². The predicted octanol–water partition coefficient (Wildman–Crippen LogP) is 2.31. The summed E-state index contributed by atoms with van der Waals surface area (Å²) in [5.41, 5.74) is 15.0. The molecule has 30 heavy (non-hydrogen) atoms. The first kappa shape index (κ1) is 19.4. The summed E-state index contributed by atoms with van der Waals surface area (Å²) in [5.74, 6) is 0.437. The Labute approximate surface area is 174 Å².